The van der Waals surface area contributed by atoms with Gasteiger partial charge in [-0.2, -0.15) is 5.10 Å². The Morgan fingerprint density at radius 1 is 1.56 bits per heavy atom. The molecule has 1 saturated carbocycles. The average Bonchev–Trinajstić information content (AvgIpc) is 2.86. The fourth-order valence-electron chi connectivity index (χ4n) is 2.36. The first-order valence-corrected chi connectivity index (χ1v) is 7.23. The molecule has 2 atom stereocenters. The number of rotatable bonds is 4. The molecule has 1 aliphatic carbocycles. The Hall–Kier alpha value is -0.630. The highest BCUT2D eigenvalue weighted by atomic mass is 35.5. The third kappa shape index (κ3) is 3.03. The van der Waals surface area contributed by atoms with Crippen LogP contribution in [-0.2, 0) is 17.1 Å². The Labute approximate surface area is 113 Å². The van der Waals surface area contributed by atoms with E-state index in [0.29, 0.717) is 6.54 Å². The van der Waals surface area contributed by atoms with E-state index in [-0.39, 0.29) is 29.4 Å². The summed E-state index contributed by atoms with van der Waals surface area (Å²) in [6.07, 6.45) is 4.36. The van der Waals surface area contributed by atoms with Gasteiger partial charge in [-0.25, -0.2) is 13.1 Å². The van der Waals surface area contributed by atoms with Gasteiger partial charge in [0.05, 0.1) is 6.20 Å². The predicted molar refractivity (Wildman–Crippen MR) is 71.0 cm³/mol. The summed E-state index contributed by atoms with van der Waals surface area (Å²) in [4.78, 5) is 0. The first-order valence-electron chi connectivity index (χ1n) is 5.75. The van der Waals surface area contributed by atoms with Crippen LogP contribution < -0.4 is 10.5 Å². The first-order chi connectivity index (χ1) is 8.04. The van der Waals surface area contributed by atoms with Crippen LogP contribution in [0.25, 0.3) is 0 Å². The lowest BCUT2D eigenvalue weighted by atomic mass is 10.1. The maximum atomic E-state index is 12.1. The van der Waals surface area contributed by atoms with Gasteiger partial charge in [-0.05, 0) is 31.4 Å². The van der Waals surface area contributed by atoms with E-state index < -0.39 is 10.0 Å². The summed E-state index contributed by atoms with van der Waals surface area (Å²) < 4.78 is 28.3. The predicted octanol–water partition coefficient (Wildman–Crippen LogP) is 0.248. The maximum Gasteiger partial charge on any atom is 0.257 e. The summed E-state index contributed by atoms with van der Waals surface area (Å²) in [6.45, 7) is 0.526. The highest BCUT2D eigenvalue weighted by molar-refractivity contribution is 7.89. The third-order valence-corrected chi connectivity index (χ3v) is 4.88. The van der Waals surface area contributed by atoms with Crippen molar-refractivity contribution in [2.75, 3.05) is 6.54 Å². The second kappa shape index (κ2) is 6.01. The van der Waals surface area contributed by atoms with Gasteiger partial charge in [-0.15, -0.1) is 12.4 Å². The van der Waals surface area contributed by atoms with E-state index in [1.807, 2.05) is 0 Å². The average molecular weight is 295 g/mol. The summed E-state index contributed by atoms with van der Waals surface area (Å²) in [5.41, 5.74) is 5.64. The fourth-order valence-corrected chi connectivity index (χ4v) is 3.82. The highest BCUT2D eigenvalue weighted by Crippen LogP contribution is 2.26. The maximum absolute atomic E-state index is 12.1. The molecular formula is C10H19ClN4O2S. The third-order valence-electron chi connectivity index (χ3n) is 3.32. The number of nitrogens with one attached hydrogen (secondary N) is 1. The van der Waals surface area contributed by atoms with E-state index in [1.54, 1.807) is 7.05 Å². The summed E-state index contributed by atoms with van der Waals surface area (Å²) in [5.74, 6) is 0.248. The van der Waals surface area contributed by atoms with E-state index in [9.17, 15) is 8.42 Å². The molecule has 104 valence electrons. The lowest BCUT2D eigenvalue weighted by molar-refractivity contribution is 0.450. The Kier molecular flexibility index (Phi) is 5.15. The molecule has 0 amide bonds. The highest BCUT2D eigenvalue weighted by Gasteiger charge is 2.31. The molecule has 0 aromatic carbocycles. The zero-order valence-electron chi connectivity index (χ0n) is 10.2. The molecule has 2 unspecified atom stereocenters. The topological polar surface area (TPSA) is 90.0 Å². The SMILES string of the molecule is Cl.Cn1nccc1S(=O)(=O)NC1CCCC1CN. The molecule has 3 N–H and O–H groups in total. The van der Waals surface area contributed by atoms with Crippen LogP contribution in [0.15, 0.2) is 17.3 Å². The van der Waals surface area contributed by atoms with Crippen molar-refractivity contribution in [3.8, 4) is 0 Å². The first kappa shape index (κ1) is 15.4. The van der Waals surface area contributed by atoms with Crippen molar-refractivity contribution in [2.45, 2.75) is 30.3 Å². The molecule has 0 aliphatic heterocycles. The van der Waals surface area contributed by atoms with Gasteiger partial charge in [-0.1, -0.05) is 6.42 Å². The van der Waals surface area contributed by atoms with Gasteiger partial charge in [0.25, 0.3) is 10.0 Å². The van der Waals surface area contributed by atoms with Crippen molar-refractivity contribution < 1.29 is 8.42 Å². The molecule has 18 heavy (non-hydrogen) atoms. The minimum atomic E-state index is -3.48. The van der Waals surface area contributed by atoms with Crippen LogP contribution in [0.2, 0.25) is 0 Å². The van der Waals surface area contributed by atoms with Gasteiger partial charge >= 0.3 is 0 Å². The largest absolute Gasteiger partial charge is 0.330 e. The van der Waals surface area contributed by atoms with Gasteiger partial charge in [0, 0.05) is 13.1 Å². The van der Waals surface area contributed by atoms with Crippen molar-refractivity contribution in [3.63, 3.8) is 0 Å². The number of halogens is 1. The second-order valence-corrected chi connectivity index (χ2v) is 6.11. The van der Waals surface area contributed by atoms with Gasteiger partial charge in [0.15, 0.2) is 5.03 Å². The van der Waals surface area contributed by atoms with E-state index in [1.165, 1.54) is 16.9 Å². The van der Waals surface area contributed by atoms with E-state index in [4.69, 9.17) is 5.73 Å². The summed E-state index contributed by atoms with van der Waals surface area (Å²) in [6, 6.07) is 1.45. The Morgan fingerprint density at radius 3 is 2.83 bits per heavy atom. The van der Waals surface area contributed by atoms with Crippen LogP contribution in [0.4, 0.5) is 0 Å². The van der Waals surface area contributed by atoms with Crippen LogP contribution in [0.3, 0.4) is 0 Å². The quantitative estimate of drug-likeness (QED) is 0.833. The lowest BCUT2D eigenvalue weighted by Gasteiger charge is -2.19. The molecule has 1 heterocycles. The molecule has 2 rings (SSSR count). The van der Waals surface area contributed by atoms with E-state index in [0.717, 1.165) is 19.3 Å². The second-order valence-electron chi connectivity index (χ2n) is 4.45. The molecule has 0 bridgehead atoms. The van der Waals surface area contributed by atoms with Gasteiger partial charge in [0.2, 0.25) is 0 Å². The monoisotopic (exact) mass is 294 g/mol. The number of aryl methyl sites for hydroxylation is 1. The van der Waals surface area contributed by atoms with Crippen molar-refractivity contribution in [3.05, 3.63) is 12.3 Å². The fraction of sp³-hybridized carbons (Fsp3) is 0.700. The molecular weight excluding hydrogens is 276 g/mol. The Bertz CT molecular complexity index is 488. The van der Waals surface area contributed by atoms with Crippen LogP contribution >= 0.6 is 12.4 Å². The molecule has 1 fully saturated rings. The number of nitrogens with zero attached hydrogens (tertiary/aromatic N) is 2. The van der Waals surface area contributed by atoms with Crippen molar-refractivity contribution in [2.24, 2.45) is 18.7 Å². The van der Waals surface area contributed by atoms with Crippen molar-refractivity contribution in [1.29, 1.82) is 0 Å². The van der Waals surface area contributed by atoms with Crippen LogP contribution in [0, 0.1) is 5.92 Å². The number of sulfonamides is 1. The molecule has 0 radical (unpaired) electrons. The van der Waals surface area contributed by atoms with Gasteiger partial charge in [0.1, 0.15) is 0 Å². The molecule has 8 heteroatoms. The van der Waals surface area contributed by atoms with E-state index >= 15 is 0 Å². The molecule has 0 saturated heterocycles. The zero-order valence-corrected chi connectivity index (χ0v) is 11.9. The standard InChI is InChI=1S/C10H18N4O2S.ClH/c1-14-10(5-6-12-14)17(15,16)13-9-4-2-3-8(9)7-11;/h5-6,8-9,13H,2-4,7,11H2,1H3;1H. The zero-order chi connectivity index (χ0) is 12.5. The van der Waals surface area contributed by atoms with Gasteiger partial charge < -0.3 is 5.73 Å². The molecule has 1 aromatic rings. The van der Waals surface area contributed by atoms with Crippen molar-refractivity contribution in [1.82, 2.24) is 14.5 Å². The number of aromatic nitrogens is 2. The number of nitrogens with two attached hydrogens (primary N) is 1. The number of hydrogen-bond acceptors (Lipinski definition) is 4. The smallest absolute Gasteiger partial charge is 0.257 e. The van der Waals surface area contributed by atoms with Crippen LogP contribution in [0.5, 0.6) is 0 Å². The van der Waals surface area contributed by atoms with Crippen LogP contribution in [0.1, 0.15) is 19.3 Å². The summed E-state index contributed by atoms with van der Waals surface area (Å²) >= 11 is 0. The summed E-state index contributed by atoms with van der Waals surface area (Å²) in [5, 5.41) is 4.06. The molecule has 1 aliphatic rings. The van der Waals surface area contributed by atoms with Crippen molar-refractivity contribution >= 4 is 22.4 Å². The minimum absolute atomic E-state index is 0. The van der Waals surface area contributed by atoms with E-state index in [2.05, 4.69) is 9.82 Å². The molecule has 6 nitrogen and oxygen atoms in total. The molecule has 0 spiro atoms. The van der Waals surface area contributed by atoms with Gasteiger partial charge in [-0.3, -0.25) is 4.68 Å². The Morgan fingerprint density at radius 2 is 2.28 bits per heavy atom. The molecule has 1 aromatic heterocycles. The summed E-state index contributed by atoms with van der Waals surface area (Å²) in [7, 11) is -1.86. The normalized spacial score (nSPS) is 23.9. The minimum Gasteiger partial charge on any atom is -0.330 e. The number of hydrogen-bond donors (Lipinski definition) is 2. The van der Waals surface area contributed by atoms with Crippen LogP contribution in [-0.4, -0.2) is 30.8 Å². The lowest BCUT2D eigenvalue weighted by Crippen LogP contribution is -2.40. The Balaban J connectivity index is 0.00000162.